The predicted octanol–water partition coefficient (Wildman–Crippen LogP) is 3.64. The van der Waals surface area contributed by atoms with Crippen molar-refractivity contribution in [2.24, 2.45) is 0 Å². The van der Waals surface area contributed by atoms with Gasteiger partial charge in [-0.1, -0.05) is 18.2 Å². The van der Waals surface area contributed by atoms with Gasteiger partial charge in [0.1, 0.15) is 0 Å². The lowest BCUT2D eigenvalue weighted by Gasteiger charge is -2.32. The van der Waals surface area contributed by atoms with Crippen molar-refractivity contribution in [3.05, 3.63) is 60.0 Å². The van der Waals surface area contributed by atoms with E-state index in [4.69, 9.17) is 9.47 Å². The van der Waals surface area contributed by atoms with E-state index in [-0.39, 0.29) is 0 Å². The average Bonchev–Trinajstić information content (AvgIpc) is 2.59. The summed E-state index contributed by atoms with van der Waals surface area (Å²) >= 11 is 0. The van der Waals surface area contributed by atoms with Gasteiger partial charge >= 0.3 is 0 Å². The maximum Gasteiger partial charge on any atom is 0.161 e. The van der Waals surface area contributed by atoms with Gasteiger partial charge in [0, 0.05) is 18.8 Å². The summed E-state index contributed by atoms with van der Waals surface area (Å²) in [5, 5.41) is 0. The normalized spacial score (nSPS) is 13.7. The van der Waals surface area contributed by atoms with E-state index >= 15 is 0 Å². The highest BCUT2D eigenvalue weighted by Crippen LogP contribution is 2.35. The van der Waals surface area contributed by atoms with E-state index in [1.165, 1.54) is 22.4 Å². The Morgan fingerprint density at radius 3 is 2.41 bits per heavy atom. The van der Waals surface area contributed by atoms with Gasteiger partial charge in [0.25, 0.3) is 0 Å². The molecular weight excluding hydrogens is 274 g/mol. The van der Waals surface area contributed by atoms with Crippen molar-refractivity contribution in [1.29, 1.82) is 0 Å². The van der Waals surface area contributed by atoms with Crippen LogP contribution in [0.2, 0.25) is 0 Å². The number of fused-ring (bicyclic) bond motifs is 1. The largest absolute Gasteiger partial charge is 0.493 e. The van der Waals surface area contributed by atoms with Crippen LogP contribution in [-0.4, -0.2) is 20.8 Å². The van der Waals surface area contributed by atoms with Crippen LogP contribution < -0.4 is 14.4 Å². The van der Waals surface area contributed by atoms with Crippen molar-refractivity contribution in [1.82, 2.24) is 0 Å². The minimum absolute atomic E-state index is 0.800. The van der Waals surface area contributed by atoms with Crippen LogP contribution in [0.25, 0.3) is 0 Å². The Kier molecular flexibility index (Phi) is 4.23. The lowest BCUT2D eigenvalue weighted by Crippen LogP contribution is -2.31. The molecule has 3 nitrogen and oxygen atoms in total. The molecule has 0 amide bonds. The number of hydrogen-bond donors (Lipinski definition) is 0. The lowest BCUT2D eigenvalue weighted by atomic mass is 9.97. The first-order valence-corrected chi connectivity index (χ1v) is 7.62. The molecule has 1 radical (unpaired) electrons. The predicted molar refractivity (Wildman–Crippen MR) is 89.8 cm³/mol. The fourth-order valence-electron chi connectivity index (χ4n) is 3.12. The molecule has 22 heavy (non-hydrogen) atoms. The van der Waals surface area contributed by atoms with Gasteiger partial charge in [-0.2, -0.15) is 0 Å². The van der Waals surface area contributed by atoms with Gasteiger partial charge in [-0.15, -0.1) is 0 Å². The summed E-state index contributed by atoms with van der Waals surface area (Å²) in [4.78, 5) is 2.43. The smallest absolute Gasteiger partial charge is 0.161 e. The van der Waals surface area contributed by atoms with E-state index < -0.39 is 0 Å². The molecule has 0 fully saturated rings. The molecule has 1 aliphatic rings. The summed E-state index contributed by atoms with van der Waals surface area (Å²) in [6, 6.07) is 12.7. The highest BCUT2D eigenvalue weighted by atomic mass is 16.5. The third kappa shape index (κ3) is 2.63. The van der Waals surface area contributed by atoms with Crippen LogP contribution in [0.1, 0.15) is 16.7 Å². The molecule has 0 atom stereocenters. The monoisotopic (exact) mass is 296 g/mol. The van der Waals surface area contributed by atoms with Gasteiger partial charge in [0.2, 0.25) is 0 Å². The van der Waals surface area contributed by atoms with Crippen LogP contribution in [0.5, 0.6) is 11.5 Å². The van der Waals surface area contributed by atoms with Gasteiger partial charge < -0.3 is 14.4 Å². The van der Waals surface area contributed by atoms with E-state index in [9.17, 15) is 0 Å². The fraction of sp³-hybridized carbons (Fsp3) is 0.316. The summed E-state index contributed by atoms with van der Waals surface area (Å²) < 4.78 is 10.8. The topological polar surface area (TPSA) is 21.7 Å². The Hall–Kier alpha value is -2.16. The van der Waals surface area contributed by atoms with Gasteiger partial charge in [0.05, 0.1) is 14.2 Å². The van der Waals surface area contributed by atoms with Crippen LogP contribution in [0.4, 0.5) is 5.69 Å². The summed E-state index contributed by atoms with van der Waals surface area (Å²) in [7, 11) is 3.37. The molecule has 0 N–H and O–H groups in total. The first-order valence-electron chi connectivity index (χ1n) is 7.62. The zero-order valence-electron chi connectivity index (χ0n) is 13.3. The Balaban J connectivity index is 1.93. The van der Waals surface area contributed by atoms with Crippen LogP contribution in [0.15, 0.2) is 36.4 Å². The van der Waals surface area contributed by atoms with E-state index in [0.717, 1.165) is 37.4 Å². The zero-order valence-corrected chi connectivity index (χ0v) is 13.3. The minimum atomic E-state index is 0.800. The molecule has 0 saturated heterocycles. The number of methoxy groups -OCH3 is 2. The zero-order chi connectivity index (χ0) is 15.5. The van der Waals surface area contributed by atoms with Crippen molar-refractivity contribution in [2.45, 2.75) is 19.4 Å². The average molecular weight is 296 g/mol. The maximum atomic E-state index is 5.43. The molecule has 0 aromatic heterocycles. The van der Waals surface area contributed by atoms with Gasteiger partial charge in [-0.3, -0.25) is 0 Å². The Labute approximate surface area is 132 Å². The van der Waals surface area contributed by atoms with Crippen molar-refractivity contribution >= 4 is 5.69 Å². The number of hydrogen-bond acceptors (Lipinski definition) is 3. The first-order chi connectivity index (χ1) is 10.8. The molecular formula is C19H22NO2. The summed E-state index contributed by atoms with van der Waals surface area (Å²) in [6.45, 7) is 5.95. The molecule has 2 aromatic carbocycles. The molecule has 3 heteroatoms. The SMILES string of the molecule is [CH2]Cc1ccccc1N1CCc2cc(OC)c(OC)cc2C1. The molecule has 2 aromatic rings. The highest BCUT2D eigenvalue weighted by molar-refractivity contribution is 5.57. The molecule has 1 heterocycles. The number of nitrogens with zero attached hydrogens (tertiary/aromatic N) is 1. The minimum Gasteiger partial charge on any atom is -0.493 e. The summed E-state index contributed by atoms with van der Waals surface area (Å²) in [5.41, 5.74) is 5.24. The van der Waals surface area contributed by atoms with Crippen molar-refractivity contribution in [3.8, 4) is 11.5 Å². The third-order valence-corrected chi connectivity index (χ3v) is 4.32. The van der Waals surface area contributed by atoms with Crippen molar-refractivity contribution < 1.29 is 9.47 Å². The molecule has 1 aliphatic heterocycles. The Morgan fingerprint density at radius 2 is 1.73 bits per heavy atom. The van der Waals surface area contributed by atoms with Crippen LogP contribution >= 0.6 is 0 Å². The second-order valence-electron chi connectivity index (χ2n) is 5.53. The van der Waals surface area contributed by atoms with E-state index in [1.54, 1.807) is 14.2 Å². The molecule has 0 unspecified atom stereocenters. The number of benzene rings is 2. The molecule has 0 bridgehead atoms. The number of ether oxygens (including phenoxy) is 2. The van der Waals surface area contributed by atoms with E-state index in [1.807, 2.05) is 0 Å². The van der Waals surface area contributed by atoms with E-state index in [2.05, 4.69) is 48.2 Å². The molecule has 0 saturated carbocycles. The third-order valence-electron chi connectivity index (χ3n) is 4.32. The summed E-state index contributed by atoms with van der Waals surface area (Å²) in [6.07, 6.45) is 1.83. The Bertz CT molecular complexity index is 666. The van der Waals surface area contributed by atoms with Gasteiger partial charge in [0.15, 0.2) is 11.5 Å². The fourth-order valence-corrected chi connectivity index (χ4v) is 3.12. The Morgan fingerprint density at radius 1 is 1.05 bits per heavy atom. The highest BCUT2D eigenvalue weighted by Gasteiger charge is 2.20. The molecule has 0 aliphatic carbocycles. The number of rotatable bonds is 4. The number of para-hydroxylation sites is 1. The van der Waals surface area contributed by atoms with Crippen molar-refractivity contribution in [3.63, 3.8) is 0 Å². The second-order valence-corrected chi connectivity index (χ2v) is 5.53. The van der Waals surface area contributed by atoms with Gasteiger partial charge in [-0.05, 0) is 54.7 Å². The number of anilines is 1. The molecule has 115 valence electrons. The standard InChI is InChI=1S/C19H22NO2/c1-4-14-7-5-6-8-17(14)20-10-9-15-11-18(21-2)19(22-3)12-16(15)13-20/h5-8,11-12H,1,4,9-10,13H2,2-3H3. The quantitative estimate of drug-likeness (QED) is 0.859. The summed E-state index contributed by atoms with van der Waals surface area (Å²) in [5.74, 6) is 1.61. The lowest BCUT2D eigenvalue weighted by molar-refractivity contribution is 0.353. The van der Waals surface area contributed by atoms with Crippen LogP contribution in [0.3, 0.4) is 0 Å². The molecule has 3 rings (SSSR count). The maximum absolute atomic E-state index is 5.43. The first kappa shape index (κ1) is 14.8. The van der Waals surface area contributed by atoms with Gasteiger partial charge in [-0.25, -0.2) is 0 Å². The second kappa shape index (κ2) is 6.30. The van der Waals surface area contributed by atoms with Crippen LogP contribution in [-0.2, 0) is 19.4 Å². The molecule has 0 spiro atoms. The van der Waals surface area contributed by atoms with Crippen LogP contribution in [0, 0.1) is 6.92 Å². The van der Waals surface area contributed by atoms with Crippen molar-refractivity contribution in [2.75, 3.05) is 25.7 Å². The van der Waals surface area contributed by atoms with E-state index in [0.29, 0.717) is 0 Å².